The van der Waals surface area contributed by atoms with Gasteiger partial charge in [0.15, 0.2) is 5.78 Å². The highest BCUT2D eigenvalue weighted by molar-refractivity contribution is 5.85. The number of Topliss-reactive ketones (excluding diaryl/α,β-unsaturated/α-hetero) is 1. The number of aliphatic hydroxyl groups is 1. The van der Waals surface area contributed by atoms with Gasteiger partial charge in [0.05, 0.1) is 12.1 Å². The lowest BCUT2D eigenvalue weighted by Crippen LogP contribution is -2.37. The Hall–Kier alpha value is -1.68. The molecule has 0 fully saturated rings. The van der Waals surface area contributed by atoms with E-state index in [1.807, 2.05) is 0 Å². The van der Waals surface area contributed by atoms with Gasteiger partial charge in [-0.05, 0) is 32.0 Å². The van der Waals surface area contributed by atoms with Crippen molar-refractivity contribution in [3.8, 4) is 0 Å². The fraction of sp³-hybridized carbons (Fsp3) is 0.308. The predicted molar refractivity (Wildman–Crippen MR) is 63.2 cm³/mol. The molecule has 0 saturated carbocycles. The summed E-state index contributed by atoms with van der Waals surface area (Å²) in [6.45, 7) is 2.92. The van der Waals surface area contributed by atoms with E-state index in [0.29, 0.717) is 10.9 Å². The van der Waals surface area contributed by atoms with Gasteiger partial charge in [0.2, 0.25) is 0 Å². The quantitative estimate of drug-likeness (QED) is 0.885. The molecule has 1 aromatic carbocycles. The summed E-state index contributed by atoms with van der Waals surface area (Å²) in [4.78, 5) is 11.3. The van der Waals surface area contributed by atoms with Gasteiger partial charge in [-0.25, -0.2) is 4.39 Å². The molecule has 0 saturated heterocycles. The summed E-state index contributed by atoms with van der Waals surface area (Å²) in [7, 11) is 0. The SMILES string of the molecule is CC(=O)C(C)(O)Cn1ccc2c(F)cccc21. The third kappa shape index (κ3) is 2.08. The Kier molecular flexibility index (Phi) is 2.75. The molecule has 0 spiro atoms. The first-order valence-electron chi connectivity index (χ1n) is 5.38. The minimum absolute atomic E-state index is 0.120. The molecule has 2 aromatic rings. The summed E-state index contributed by atoms with van der Waals surface area (Å²) in [5.41, 5.74) is -0.760. The summed E-state index contributed by atoms with van der Waals surface area (Å²) >= 11 is 0. The number of ketones is 1. The standard InChI is InChI=1S/C13H14FNO2/c1-9(16)13(2,17)8-15-7-6-10-11(14)4-3-5-12(10)15/h3-7,17H,8H2,1-2H3. The van der Waals surface area contributed by atoms with Gasteiger partial charge in [-0.1, -0.05) is 6.07 Å². The van der Waals surface area contributed by atoms with E-state index >= 15 is 0 Å². The number of nitrogens with zero attached hydrogens (tertiary/aromatic N) is 1. The van der Waals surface area contributed by atoms with Crippen molar-refractivity contribution in [2.45, 2.75) is 26.0 Å². The van der Waals surface area contributed by atoms with Crippen LogP contribution in [0.1, 0.15) is 13.8 Å². The van der Waals surface area contributed by atoms with Crippen molar-refractivity contribution in [1.29, 1.82) is 0 Å². The molecular formula is C13H14FNO2. The number of benzene rings is 1. The zero-order valence-electron chi connectivity index (χ0n) is 9.77. The Labute approximate surface area is 98.5 Å². The van der Waals surface area contributed by atoms with Crippen molar-refractivity contribution in [3.05, 3.63) is 36.3 Å². The number of hydrogen-bond acceptors (Lipinski definition) is 2. The molecule has 0 aliphatic heterocycles. The van der Waals surface area contributed by atoms with Gasteiger partial charge < -0.3 is 9.67 Å². The van der Waals surface area contributed by atoms with Gasteiger partial charge >= 0.3 is 0 Å². The molecular weight excluding hydrogens is 221 g/mol. The van der Waals surface area contributed by atoms with Crippen molar-refractivity contribution < 1.29 is 14.3 Å². The fourth-order valence-electron chi connectivity index (χ4n) is 1.77. The van der Waals surface area contributed by atoms with Crippen LogP contribution in [0.15, 0.2) is 30.5 Å². The summed E-state index contributed by atoms with van der Waals surface area (Å²) < 4.78 is 15.1. The average Bonchev–Trinajstić information content (AvgIpc) is 2.62. The highest BCUT2D eigenvalue weighted by Crippen LogP contribution is 2.21. The zero-order valence-corrected chi connectivity index (χ0v) is 9.77. The van der Waals surface area contributed by atoms with E-state index in [4.69, 9.17) is 0 Å². The van der Waals surface area contributed by atoms with Crippen molar-refractivity contribution >= 4 is 16.7 Å². The Morgan fingerprint density at radius 1 is 1.47 bits per heavy atom. The summed E-state index contributed by atoms with van der Waals surface area (Å²) in [5, 5.41) is 10.4. The predicted octanol–water partition coefficient (Wildman–Crippen LogP) is 2.12. The van der Waals surface area contributed by atoms with E-state index in [1.54, 1.807) is 29.0 Å². The van der Waals surface area contributed by atoms with Crippen molar-refractivity contribution in [1.82, 2.24) is 4.57 Å². The highest BCUT2D eigenvalue weighted by Gasteiger charge is 2.27. The van der Waals surface area contributed by atoms with Gasteiger partial charge in [0.25, 0.3) is 0 Å². The Balaban J connectivity index is 2.44. The lowest BCUT2D eigenvalue weighted by atomic mass is 10.0. The van der Waals surface area contributed by atoms with E-state index in [1.165, 1.54) is 19.9 Å². The number of halogens is 1. The normalized spacial score (nSPS) is 14.8. The molecule has 0 aliphatic rings. The average molecular weight is 235 g/mol. The Morgan fingerprint density at radius 3 is 2.82 bits per heavy atom. The van der Waals surface area contributed by atoms with Crippen LogP contribution in [-0.2, 0) is 11.3 Å². The molecule has 0 aliphatic carbocycles. The molecule has 3 nitrogen and oxygen atoms in total. The third-order valence-electron chi connectivity index (χ3n) is 3.00. The fourth-order valence-corrected chi connectivity index (χ4v) is 1.77. The lowest BCUT2D eigenvalue weighted by Gasteiger charge is -2.21. The number of aromatic nitrogens is 1. The summed E-state index contributed by atoms with van der Waals surface area (Å²) in [6, 6.07) is 6.39. The molecule has 4 heteroatoms. The number of carbonyl (C=O) groups is 1. The molecule has 2 rings (SSSR count). The van der Waals surface area contributed by atoms with Crippen LogP contribution in [0.2, 0.25) is 0 Å². The zero-order chi connectivity index (χ0) is 12.6. The Morgan fingerprint density at radius 2 is 2.18 bits per heavy atom. The smallest absolute Gasteiger partial charge is 0.162 e. The number of hydrogen-bond donors (Lipinski definition) is 1. The summed E-state index contributed by atoms with van der Waals surface area (Å²) in [5.74, 6) is -0.612. The van der Waals surface area contributed by atoms with Gasteiger partial charge in [-0.15, -0.1) is 0 Å². The first kappa shape index (κ1) is 11.8. The van der Waals surface area contributed by atoms with Crippen LogP contribution >= 0.6 is 0 Å². The molecule has 0 radical (unpaired) electrons. The Bertz CT molecular complexity index is 572. The van der Waals surface area contributed by atoms with Crippen LogP contribution in [0, 0.1) is 5.82 Å². The van der Waals surface area contributed by atoms with E-state index < -0.39 is 5.60 Å². The second kappa shape index (κ2) is 3.96. The van der Waals surface area contributed by atoms with Gasteiger partial charge in [-0.2, -0.15) is 0 Å². The maximum atomic E-state index is 13.4. The maximum Gasteiger partial charge on any atom is 0.162 e. The lowest BCUT2D eigenvalue weighted by molar-refractivity contribution is -0.134. The van der Waals surface area contributed by atoms with Crippen LogP contribution in [0.25, 0.3) is 10.9 Å². The van der Waals surface area contributed by atoms with Crippen LogP contribution < -0.4 is 0 Å². The minimum atomic E-state index is -1.43. The van der Waals surface area contributed by atoms with E-state index in [-0.39, 0.29) is 18.1 Å². The van der Waals surface area contributed by atoms with Crippen LogP contribution in [0.3, 0.4) is 0 Å². The molecule has 0 amide bonds. The topological polar surface area (TPSA) is 42.2 Å². The highest BCUT2D eigenvalue weighted by atomic mass is 19.1. The number of fused-ring (bicyclic) bond motifs is 1. The monoisotopic (exact) mass is 235 g/mol. The number of rotatable bonds is 3. The molecule has 1 unspecified atom stereocenters. The molecule has 90 valence electrons. The third-order valence-corrected chi connectivity index (χ3v) is 3.00. The second-order valence-electron chi connectivity index (χ2n) is 4.45. The van der Waals surface area contributed by atoms with Crippen molar-refractivity contribution in [2.75, 3.05) is 0 Å². The van der Waals surface area contributed by atoms with Gasteiger partial charge in [0, 0.05) is 11.6 Å². The van der Waals surface area contributed by atoms with Crippen LogP contribution in [-0.4, -0.2) is 21.1 Å². The molecule has 17 heavy (non-hydrogen) atoms. The maximum absolute atomic E-state index is 13.4. The molecule has 1 aromatic heterocycles. The molecule has 0 bridgehead atoms. The van der Waals surface area contributed by atoms with Gasteiger partial charge in [0.1, 0.15) is 11.4 Å². The minimum Gasteiger partial charge on any atom is -0.380 e. The van der Waals surface area contributed by atoms with E-state index in [0.717, 1.165) is 0 Å². The first-order chi connectivity index (χ1) is 7.92. The van der Waals surface area contributed by atoms with E-state index in [2.05, 4.69) is 0 Å². The van der Waals surface area contributed by atoms with Crippen LogP contribution in [0.5, 0.6) is 0 Å². The van der Waals surface area contributed by atoms with E-state index in [9.17, 15) is 14.3 Å². The first-order valence-corrected chi connectivity index (χ1v) is 5.38. The molecule has 1 N–H and O–H groups in total. The molecule has 1 atom stereocenters. The largest absolute Gasteiger partial charge is 0.380 e. The van der Waals surface area contributed by atoms with Crippen LogP contribution in [0.4, 0.5) is 4.39 Å². The molecule has 1 heterocycles. The van der Waals surface area contributed by atoms with Gasteiger partial charge in [-0.3, -0.25) is 4.79 Å². The second-order valence-corrected chi connectivity index (χ2v) is 4.45. The van der Waals surface area contributed by atoms with Crippen molar-refractivity contribution in [2.24, 2.45) is 0 Å². The number of carbonyl (C=O) groups excluding carboxylic acids is 1. The summed E-state index contributed by atoms with van der Waals surface area (Å²) in [6.07, 6.45) is 1.67. The van der Waals surface area contributed by atoms with Crippen molar-refractivity contribution in [3.63, 3.8) is 0 Å².